The Labute approximate surface area is 159 Å². The molecule has 0 radical (unpaired) electrons. The molecule has 3 rings (SSSR count). The molecular formula is C21H26N4O2. The first-order chi connectivity index (χ1) is 13.0. The first-order valence-electron chi connectivity index (χ1n) is 9.27. The standard InChI is InChI=1S/C21H26N4O2/c1-15(17-8-3-2-4-9-17)23-21(27)24-18-10-5-7-16(13-18)14-25-12-6-11-19(25)20(22)26/h2-5,7-10,13,15,19H,6,11-12,14H2,1H3,(H2,22,26)(H2,23,24,27)/t15-,19-/m0/s1. The summed E-state index contributed by atoms with van der Waals surface area (Å²) in [6.07, 6.45) is 1.79. The summed E-state index contributed by atoms with van der Waals surface area (Å²) in [6.45, 7) is 3.45. The lowest BCUT2D eigenvalue weighted by atomic mass is 10.1. The fourth-order valence-corrected chi connectivity index (χ4v) is 3.51. The smallest absolute Gasteiger partial charge is 0.319 e. The van der Waals surface area contributed by atoms with Crippen molar-refractivity contribution < 1.29 is 9.59 Å². The van der Waals surface area contributed by atoms with Crippen LogP contribution in [0.5, 0.6) is 0 Å². The van der Waals surface area contributed by atoms with Crippen molar-refractivity contribution in [2.45, 2.75) is 38.4 Å². The quantitative estimate of drug-likeness (QED) is 0.734. The molecule has 6 heteroatoms. The van der Waals surface area contributed by atoms with Crippen molar-refractivity contribution in [3.05, 3.63) is 65.7 Å². The van der Waals surface area contributed by atoms with E-state index in [-0.39, 0.29) is 24.0 Å². The number of anilines is 1. The predicted octanol–water partition coefficient (Wildman–Crippen LogP) is 3.02. The van der Waals surface area contributed by atoms with Crippen LogP contribution in [0.1, 0.15) is 36.9 Å². The molecule has 0 aromatic heterocycles. The molecule has 142 valence electrons. The minimum Gasteiger partial charge on any atom is -0.368 e. The average Bonchev–Trinajstić information content (AvgIpc) is 3.11. The number of hydrogen-bond acceptors (Lipinski definition) is 3. The molecule has 1 aliphatic heterocycles. The Bertz CT molecular complexity index is 794. The SMILES string of the molecule is C[C@H](NC(=O)Nc1cccc(CN2CCC[C@H]2C(N)=O)c1)c1ccccc1. The molecule has 27 heavy (non-hydrogen) atoms. The molecule has 2 aromatic rings. The van der Waals surface area contributed by atoms with Crippen LogP contribution in [0.15, 0.2) is 54.6 Å². The molecule has 0 aliphatic carbocycles. The first-order valence-corrected chi connectivity index (χ1v) is 9.27. The lowest BCUT2D eigenvalue weighted by Crippen LogP contribution is -2.39. The summed E-state index contributed by atoms with van der Waals surface area (Å²) in [5, 5.41) is 5.82. The van der Waals surface area contributed by atoms with E-state index in [1.165, 1.54) is 0 Å². The molecule has 1 heterocycles. The zero-order valence-electron chi connectivity index (χ0n) is 15.5. The molecule has 0 unspecified atom stereocenters. The van der Waals surface area contributed by atoms with Gasteiger partial charge in [0.2, 0.25) is 5.91 Å². The predicted molar refractivity (Wildman–Crippen MR) is 106 cm³/mol. The Hall–Kier alpha value is -2.86. The van der Waals surface area contributed by atoms with Gasteiger partial charge in [0.05, 0.1) is 12.1 Å². The molecule has 0 bridgehead atoms. The molecule has 0 saturated carbocycles. The Balaban J connectivity index is 1.58. The topological polar surface area (TPSA) is 87.5 Å². The third-order valence-electron chi connectivity index (χ3n) is 4.91. The second kappa shape index (κ2) is 8.68. The number of nitrogens with one attached hydrogen (secondary N) is 2. The molecule has 0 spiro atoms. The molecule has 3 amide bonds. The van der Waals surface area contributed by atoms with E-state index in [4.69, 9.17) is 5.73 Å². The number of hydrogen-bond donors (Lipinski definition) is 3. The van der Waals surface area contributed by atoms with E-state index in [0.29, 0.717) is 6.54 Å². The number of carbonyl (C=O) groups excluding carboxylic acids is 2. The molecule has 4 N–H and O–H groups in total. The van der Waals surface area contributed by atoms with Gasteiger partial charge in [-0.15, -0.1) is 0 Å². The summed E-state index contributed by atoms with van der Waals surface area (Å²) < 4.78 is 0. The van der Waals surface area contributed by atoms with Crippen molar-refractivity contribution >= 4 is 17.6 Å². The summed E-state index contributed by atoms with van der Waals surface area (Å²) in [5.74, 6) is -0.268. The summed E-state index contributed by atoms with van der Waals surface area (Å²) in [6, 6.07) is 17.0. The Morgan fingerprint density at radius 1 is 1.19 bits per heavy atom. The summed E-state index contributed by atoms with van der Waals surface area (Å²) in [4.78, 5) is 25.9. The normalized spacial score (nSPS) is 18.0. The Morgan fingerprint density at radius 2 is 1.96 bits per heavy atom. The van der Waals surface area contributed by atoms with E-state index in [2.05, 4.69) is 15.5 Å². The number of likely N-dealkylation sites (tertiary alicyclic amines) is 1. The number of primary amides is 1. The number of nitrogens with zero attached hydrogens (tertiary/aromatic N) is 1. The van der Waals surface area contributed by atoms with Crippen molar-refractivity contribution in [3.63, 3.8) is 0 Å². The van der Waals surface area contributed by atoms with Gasteiger partial charge in [0.25, 0.3) is 0 Å². The summed E-state index contributed by atoms with van der Waals surface area (Å²) in [5.41, 5.74) is 8.30. The maximum atomic E-state index is 12.3. The highest BCUT2D eigenvalue weighted by molar-refractivity contribution is 5.89. The number of rotatable bonds is 6. The zero-order chi connectivity index (χ0) is 19.2. The lowest BCUT2D eigenvalue weighted by Gasteiger charge is -2.22. The van der Waals surface area contributed by atoms with E-state index >= 15 is 0 Å². The minimum absolute atomic E-state index is 0.0877. The molecule has 1 aliphatic rings. The van der Waals surface area contributed by atoms with Crippen LogP contribution >= 0.6 is 0 Å². The van der Waals surface area contributed by atoms with Gasteiger partial charge in [-0.05, 0) is 49.6 Å². The number of amides is 3. The van der Waals surface area contributed by atoms with Gasteiger partial charge < -0.3 is 16.4 Å². The molecule has 1 saturated heterocycles. The van der Waals surface area contributed by atoms with Crippen LogP contribution in [0.4, 0.5) is 10.5 Å². The van der Waals surface area contributed by atoms with Crippen LogP contribution in [0.3, 0.4) is 0 Å². The maximum absolute atomic E-state index is 12.3. The van der Waals surface area contributed by atoms with E-state index in [1.54, 1.807) is 0 Å². The van der Waals surface area contributed by atoms with Crippen LogP contribution in [-0.2, 0) is 11.3 Å². The van der Waals surface area contributed by atoms with Crippen LogP contribution < -0.4 is 16.4 Å². The average molecular weight is 366 g/mol. The summed E-state index contributed by atoms with van der Waals surface area (Å²) >= 11 is 0. The van der Waals surface area contributed by atoms with Gasteiger partial charge in [0.15, 0.2) is 0 Å². The fourth-order valence-electron chi connectivity index (χ4n) is 3.51. The maximum Gasteiger partial charge on any atom is 0.319 e. The number of carbonyl (C=O) groups is 2. The number of urea groups is 1. The van der Waals surface area contributed by atoms with Crippen LogP contribution in [0.25, 0.3) is 0 Å². The van der Waals surface area contributed by atoms with Crippen molar-refractivity contribution in [2.24, 2.45) is 5.73 Å². The van der Waals surface area contributed by atoms with Crippen molar-refractivity contribution in [1.82, 2.24) is 10.2 Å². The highest BCUT2D eigenvalue weighted by Crippen LogP contribution is 2.21. The van der Waals surface area contributed by atoms with Crippen LogP contribution in [0.2, 0.25) is 0 Å². The third kappa shape index (κ3) is 5.08. The van der Waals surface area contributed by atoms with Crippen molar-refractivity contribution in [3.8, 4) is 0 Å². The van der Waals surface area contributed by atoms with Gasteiger partial charge in [-0.3, -0.25) is 9.69 Å². The molecule has 6 nitrogen and oxygen atoms in total. The summed E-state index contributed by atoms with van der Waals surface area (Å²) in [7, 11) is 0. The zero-order valence-corrected chi connectivity index (χ0v) is 15.5. The Morgan fingerprint density at radius 3 is 2.70 bits per heavy atom. The fraction of sp³-hybridized carbons (Fsp3) is 0.333. The molecule has 2 aromatic carbocycles. The van der Waals surface area contributed by atoms with E-state index in [9.17, 15) is 9.59 Å². The van der Waals surface area contributed by atoms with E-state index in [0.717, 1.165) is 36.2 Å². The van der Waals surface area contributed by atoms with Gasteiger partial charge in [-0.2, -0.15) is 0 Å². The highest BCUT2D eigenvalue weighted by atomic mass is 16.2. The van der Waals surface area contributed by atoms with Crippen molar-refractivity contribution in [2.75, 3.05) is 11.9 Å². The highest BCUT2D eigenvalue weighted by Gasteiger charge is 2.28. The van der Waals surface area contributed by atoms with Gasteiger partial charge >= 0.3 is 6.03 Å². The third-order valence-corrected chi connectivity index (χ3v) is 4.91. The largest absolute Gasteiger partial charge is 0.368 e. The second-order valence-corrected chi connectivity index (χ2v) is 6.96. The molecule has 2 atom stereocenters. The monoisotopic (exact) mass is 366 g/mol. The van der Waals surface area contributed by atoms with Crippen LogP contribution in [-0.4, -0.2) is 29.4 Å². The lowest BCUT2D eigenvalue weighted by molar-refractivity contribution is -0.122. The van der Waals surface area contributed by atoms with Gasteiger partial charge in [-0.25, -0.2) is 4.79 Å². The number of benzene rings is 2. The van der Waals surface area contributed by atoms with Crippen LogP contribution in [0, 0.1) is 0 Å². The van der Waals surface area contributed by atoms with Gasteiger partial charge in [0.1, 0.15) is 0 Å². The number of nitrogens with two attached hydrogens (primary N) is 1. The van der Waals surface area contributed by atoms with E-state index < -0.39 is 0 Å². The second-order valence-electron chi connectivity index (χ2n) is 6.96. The van der Waals surface area contributed by atoms with Crippen molar-refractivity contribution in [1.29, 1.82) is 0 Å². The minimum atomic E-state index is -0.268. The van der Waals surface area contributed by atoms with Gasteiger partial charge in [0, 0.05) is 12.2 Å². The Kier molecular flexibility index (Phi) is 6.08. The first kappa shape index (κ1) is 18.9. The molecule has 1 fully saturated rings. The molecular weight excluding hydrogens is 340 g/mol. The van der Waals surface area contributed by atoms with E-state index in [1.807, 2.05) is 61.5 Å². The van der Waals surface area contributed by atoms with Gasteiger partial charge in [-0.1, -0.05) is 42.5 Å².